The lowest BCUT2D eigenvalue weighted by molar-refractivity contribution is 0.247. The molecule has 2 nitrogen and oxygen atoms in total. The standard InChI is InChI=1S/C13H21BrN2S/c1-10(16-7-3-4-8-16)9-15-11(2)12-5-6-13(14)17-12/h5-6,10-11,15H,3-4,7-9H2,1-2H3. The molecule has 0 bridgehead atoms. The minimum absolute atomic E-state index is 0.455. The van der Waals surface area contributed by atoms with Crippen LogP contribution in [0.4, 0.5) is 0 Å². The monoisotopic (exact) mass is 316 g/mol. The summed E-state index contributed by atoms with van der Waals surface area (Å²) in [7, 11) is 0. The van der Waals surface area contributed by atoms with Crippen molar-refractivity contribution in [3.63, 3.8) is 0 Å². The number of hydrogen-bond donors (Lipinski definition) is 1. The summed E-state index contributed by atoms with van der Waals surface area (Å²) in [6, 6.07) is 5.44. The summed E-state index contributed by atoms with van der Waals surface area (Å²) in [5.41, 5.74) is 0. The second-order valence-electron chi connectivity index (χ2n) is 4.86. The first-order valence-electron chi connectivity index (χ1n) is 6.39. The molecule has 1 aliphatic rings. The van der Waals surface area contributed by atoms with Gasteiger partial charge in [0.05, 0.1) is 3.79 Å². The molecule has 1 N–H and O–H groups in total. The van der Waals surface area contributed by atoms with Crippen LogP contribution < -0.4 is 5.32 Å². The van der Waals surface area contributed by atoms with Crippen LogP contribution in [0.5, 0.6) is 0 Å². The van der Waals surface area contributed by atoms with Gasteiger partial charge in [-0.05, 0) is 67.8 Å². The van der Waals surface area contributed by atoms with Crippen molar-refractivity contribution in [2.75, 3.05) is 19.6 Å². The highest BCUT2D eigenvalue weighted by Crippen LogP contribution is 2.27. The molecule has 2 rings (SSSR count). The normalized spacial score (nSPS) is 20.6. The average molecular weight is 317 g/mol. The van der Waals surface area contributed by atoms with E-state index in [2.05, 4.69) is 52.1 Å². The molecule has 1 aromatic heterocycles. The molecule has 1 aliphatic heterocycles. The number of thiophene rings is 1. The van der Waals surface area contributed by atoms with Gasteiger partial charge in [0.15, 0.2) is 0 Å². The van der Waals surface area contributed by atoms with Crippen LogP contribution in [0.2, 0.25) is 0 Å². The van der Waals surface area contributed by atoms with Crippen molar-refractivity contribution in [2.45, 2.75) is 38.8 Å². The fourth-order valence-electron chi connectivity index (χ4n) is 2.32. The molecule has 0 spiro atoms. The number of nitrogens with one attached hydrogen (secondary N) is 1. The summed E-state index contributed by atoms with van der Waals surface area (Å²) in [6.45, 7) is 8.21. The van der Waals surface area contributed by atoms with Gasteiger partial charge in [0.1, 0.15) is 0 Å². The number of nitrogens with zero attached hydrogens (tertiary/aromatic N) is 1. The zero-order valence-electron chi connectivity index (χ0n) is 10.6. The Balaban J connectivity index is 1.77. The van der Waals surface area contributed by atoms with Gasteiger partial charge in [0, 0.05) is 23.5 Å². The van der Waals surface area contributed by atoms with Crippen LogP contribution in [0.25, 0.3) is 0 Å². The first kappa shape index (κ1) is 13.5. The van der Waals surface area contributed by atoms with Gasteiger partial charge >= 0.3 is 0 Å². The zero-order valence-corrected chi connectivity index (χ0v) is 13.0. The number of halogens is 1. The Morgan fingerprint density at radius 3 is 2.65 bits per heavy atom. The van der Waals surface area contributed by atoms with Crippen LogP contribution in [0.15, 0.2) is 15.9 Å². The molecular formula is C13H21BrN2S. The van der Waals surface area contributed by atoms with Crippen molar-refractivity contribution in [2.24, 2.45) is 0 Å². The number of rotatable bonds is 5. The molecule has 2 heterocycles. The molecule has 96 valence electrons. The summed E-state index contributed by atoms with van der Waals surface area (Å²) >= 11 is 5.34. The first-order chi connectivity index (χ1) is 8.16. The fourth-order valence-corrected chi connectivity index (χ4v) is 3.77. The van der Waals surface area contributed by atoms with Crippen LogP contribution in [0.3, 0.4) is 0 Å². The van der Waals surface area contributed by atoms with Crippen LogP contribution in [-0.2, 0) is 0 Å². The lowest BCUT2D eigenvalue weighted by Crippen LogP contribution is -2.39. The Bertz CT molecular complexity index is 347. The summed E-state index contributed by atoms with van der Waals surface area (Å²) in [6.07, 6.45) is 2.75. The maximum absolute atomic E-state index is 3.64. The van der Waals surface area contributed by atoms with Gasteiger partial charge < -0.3 is 5.32 Å². The van der Waals surface area contributed by atoms with E-state index in [1.54, 1.807) is 0 Å². The van der Waals surface area contributed by atoms with E-state index in [-0.39, 0.29) is 0 Å². The molecule has 2 atom stereocenters. The Hall–Kier alpha value is 0.1000. The van der Waals surface area contributed by atoms with Crippen molar-refractivity contribution in [1.29, 1.82) is 0 Å². The lowest BCUT2D eigenvalue weighted by atomic mass is 10.2. The Morgan fingerprint density at radius 2 is 2.06 bits per heavy atom. The second kappa shape index (κ2) is 6.32. The third-order valence-corrected chi connectivity index (χ3v) is 5.31. The van der Waals surface area contributed by atoms with E-state index in [1.165, 1.54) is 34.6 Å². The topological polar surface area (TPSA) is 15.3 Å². The van der Waals surface area contributed by atoms with Gasteiger partial charge in [0.25, 0.3) is 0 Å². The van der Waals surface area contributed by atoms with Crippen LogP contribution in [0, 0.1) is 0 Å². The largest absolute Gasteiger partial charge is 0.308 e. The lowest BCUT2D eigenvalue weighted by Gasteiger charge is -2.25. The highest BCUT2D eigenvalue weighted by Gasteiger charge is 2.18. The smallest absolute Gasteiger partial charge is 0.0701 e. The van der Waals surface area contributed by atoms with E-state index in [0.29, 0.717) is 12.1 Å². The summed E-state index contributed by atoms with van der Waals surface area (Å²) < 4.78 is 1.22. The van der Waals surface area contributed by atoms with Crippen molar-refractivity contribution >= 4 is 27.3 Å². The van der Waals surface area contributed by atoms with Gasteiger partial charge in [-0.2, -0.15) is 0 Å². The van der Waals surface area contributed by atoms with Crippen LogP contribution in [-0.4, -0.2) is 30.6 Å². The van der Waals surface area contributed by atoms with E-state index >= 15 is 0 Å². The van der Waals surface area contributed by atoms with E-state index < -0.39 is 0 Å². The van der Waals surface area contributed by atoms with Gasteiger partial charge in [-0.25, -0.2) is 0 Å². The van der Waals surface area contributed by atoms with E-state index in [4.69, 9.17) is 0 Å². The van der Waals surface area contributed by atoms with Gasteiger partial charge in [-0.3, -0.25) is 4.90 Å². The molecule has 2 unspecified atom stereocenters. The van der Waals surface area contributed by atoms with Gasteiger partial charge in [-0.15, -0.1) is 11.3 Å². The van der Waals surface area contributed by atoms with Crippen molar-refractivity contribution in [1.82, 2.24) is 10.2 Å². The highest BCUT2D eigenvalue weighted by atomic mass is 79.9. The Labute approximate surface area is 117 Å². The maximum atomic E-state index is 3.64. The van der Waals surface area contributed by atoms with Gasteiger partial charge in [0.2, 0.25) is 0 Å². The molecular weight excluding hydrogens is 296 g/mol. The van der Waals surface area contributed by atoms with Crippen molar-refractivity contribution < 1.29 is 0 Å². The molecule has 1 saturated heterocycles. The predicted octanol–water partition coefficient (Wildman–Crippen LogP) is 3.65. The molecule has 0 aliphatic carbocycles. The third-order valence-electron chi connectivity index (χ3n) is 3.50. The SMILES string of the molecule is CC(NCC(C)N1CCCC1)c1ccc(Br)s1. The molecule has 0 saturated carbocycles. The van der Waals surface area contributed by atoms with E-state index in [0.717, 1.165) is 6.54 Å². The molecule has 0 radical (unpaired) electrons. The molecule has 4 heteroatoms. The first-order valence-corrected chi connectivity index (χ1v) is 8.00. The molecule has 1 fully saturated rings. The molecule has 17 heavy (non-hydrogen) atoms. The maximum Gasteiger partial charge on any atom is 0.0701 e. The van der Waals surface area contributed by atoms with Gasteiger partial charge in [-0.1, -0.05) is 0 Å². The quantitative estimate of drug-likeness (QED) is 0.892. The summed E-state index contributed by atoms with van der Waals surface area (Å²) in [4.78, 5) is 4.00. The summed E-state index contributed by atoms with van der Waals surface area (Å²) in [5.74, 6) is 0. The highest BCUT2D eigenvalue weighted by molar-refractivity contribution is 9.11. The van der Waals surface area contributed by atoms with E-state index in [9.17, 15) is 0 Å². The predicted molar refractivity (Wildman–Crippen MR) is 78.7 cm³/mol. The van der Waals surface area contributed by atoms with Crippen LogP contribution >= 0.6 is 27.3 Å². The van der Waals surface area contributed by atoms with Crippen LogP contribution in [0.1, 0.15) is 37.6 Å². The van der Waals surface area contributed by atoms with E-state index in [1.807, 2.05) is 11.3 Å². The average Bonchev–Trinajstić information content (AvgIpc) is 2.95. The number of hydrogen-bond acceptors (Lipinski definition) is 3. The second-order valence-corrected chi connectivity index (χ2v) is 7.36. The molecule has 0 aromatic carbocycles. The minimum Gasteiger partial charge on any atom is -0.308 e. The minimum atomic E-state index is 0.455. The zero-order chi connectivity index (χ0) is 12.3. The van der Waals surface area contributed by atoms with Crippen molar-refractivity contribution in [3.05, 3.63) is 20.8 Å². The Morgan fingerprint density at radius 1 is 1.35 bits per heavy atom. The molecule has 0 amide bonds. The Kier molecular flexibility index (Phi) is 5.03. The fraction of sp³-hybridized carbons (Fsp3) is 0.692. The third kappa shape index (κ3) is 3.78. The summed E-state index contributed by atoms with van der Waals surface area (Å²) in [5, 5.41) is 3.64. The number of likely N-dealkylation sites (tertiary alicyclic amines) is 1. The molecule has 1 aromatic rings. The van der Waals surface area contributed by atoms with Crippen molar-refractivity contribution in [3.8, 4) is 0 Å².